The van der Waals surface area contributed by atoms with Gasteiger partial charge in [0.25, 0.3) is 0 Å². The molecule has 0 aliphatic rings. The second-order valence-electron chi connectivity index (χ2n) is 4.52. The standard InChI is InChI=1S/C15H13N3O/c1-9-4-5-13-11(7-9)12(8-18-13)14(19)10-3-2-6-17-15(10)16/h2-8,18H,1H3,(H2,16,17). The summed E-state index contributed by atoms with van der Waals surface area (Å²) in [4.78, 5) is 19.6. The van der Waals surface area contributed by atoms with Crippen LogP contribution in [0.25, 0.3) is 10.9 Å². The number of anilines is 1. The predicted molar refractivity (Wildman–Crippen MR) is 75.1 cm³/mol. The minimum absolute atomic E-state index is 0.109. The first-order valence-corrected chi connectivity index (χ1v) is 6.00. The van der Waals surface area contributed by atoms with Crippen LogP contribution in [0.1, 0.15) is 21.5 Å². The number of fused-ring (bicyclic) bond motifs is 1. The molecule has 0 aliphatic heterocycles. The quantitative estimate of drug-likeness (QED) is 0.688. The molecule has 0 saturated carbocycles. The molecule has 0 aliphatic carbocycles. The van der Waals surface area contributed by atoms with Crippen molar-refractivity contribution in [2.24, 2.45) is 0 Å². The highest BCUT2D eigenvalue weighted by molar-refractivity contribution is 6.18. The van der Waals surface area contributed by atoms with Crippen LogP contribution in [-0.2, 0) is 0 Å². The number of aromatic amines is 1. The maximum Gasteiger partial charge on any atom is 0.198 e. The fourth-order valence-corrected chi connectivity index (χ4v) is 2.18. The Morgan fingerprint density at radius 1 is 1.26 bits per heavy atom. The Balaban J connectivity index is 2.17. The van der Waals surface area contributed by atoms with Gasteiger partial charge in [0.1, 0.15) is 5.82 Å². The molecule has 4 heteroatoms. The van der Waals surface area contributed by atoms with Crippen molar-refractivity contribution in [2.75, 3.05) is 5.73 Å². The Kier molecular flexibility index (Phi) is 2.56. The van der Waals surface area contributed by atoms with Crippen molar-refractivity contribution in [3.05, 3.63) is 59.4 Å². The van der Waals surface area contributed by atoms with E-state index in [0.717, 1.165) is 16.5 Å². The largest absolute Gasteiger partial charge is 0.383 e. The average molecular weight is 251 g/mol. The molecular formula is C15H13N3O. The molecule has 0 fully saturated rings. The van der Waals surface area contributed by atoms with Crippen molar-refractivity contribution < 1.29 is 4.79 Å². The zero-order chi connectivity index (χ0) is 13.4. The van der Waals surface area contributed by atoms with Crippen molar-refractivity contribution in [3.8, 4) is 0 Å². The molecule has 0 unspecified atom stereocenters. The molecule has 1 aromatic carbocycles. The lowest BCUT2D eigenvalue weighted by molar-refractivity contribution is 0.104. The van der Waals surface area contributed by atoms with Gasteiger partial charge >= 0.3 is 0 Å². The molecule has 0 saturated heterocycles. The van der Waals surface area contributed by atoms with Gasteiger partial charge in [-0.1, -0.05) is 11.6 Å². The molecule has 4 nitrogen and oxygen atoms in total. The van der Waals surface area contributed by atoms with E-state index in [1.807, 2.05) is 25.1 Å². The summed E-state index contributed by atoms with van der Waals surface area (Å²) in [6.45, 7) is 2.00. The molecule has 0 atom stereocenters. The van der Waals surface area contributed by atoms with Gasteiger partial charge in [0, 0.05) is 28.9 Å². The third-order valence-electron chi connectivity index (χ3n) is 3.17. The van der Waals surface area contributed by atoms with E-state index in [2.05, 4.69) is 9.97 Å². The number of aromatic nitrogens is 2. The number of nitrogens with two attached hydrogens (primary N) is 1. The second kappa shape index (κ2) is 4.24. The molecule has 2 heterocycles. The molecule has 0 spiro atoms. The van der Waals surface area contributed by atoms with E-state index < -0.39 is 0 Å². The molecule has 0 bridgehead atoms. The average Bonchev–Trinajstić information content (AvgIpc) is 2.81. The van der Waals surface area contributed by atoms with E-state index >= 15 is 0 Å². The number of H-pyrrole nitrogens is 1. The fraction of sp³-hybridized carbons (Fsp3) is 0.0667. The third kappa shape index (κ3) is 1.87. The number of nitrogens with one attached hydrogen (secondary N) is 1. The number of aryl methyl sites for hydroxylation is 1. The highest BCUT2D eigenvalue weighted by atomic mass is 16.1. The van der Waals surface area contributed by atoms with Gasteiger partial charge in [0.2, 0.25) is 0 Å². The normalized spacial score (nSPS) is 10.8. The lowest BCUT2D eigenvalue weighted by Crippen LogP contribution is -2.06. The van der Waals surface area contributed by atoms with Gasteiger partial charge in [-0.3, -0.25) is 4.79 Å². The Labute approximate surface area is 110 Å². The van der Waals surface area contributed by atoms with E-state index in [9.17, 15) is 4.79 Å². The van der Waals surface area contributed by atoms with Crippen molar-refractivity contribution in [2.45, 2.75) is 6.92 Å². The summed E-state index contributed by atoms with van der Waals surface area (Å²) >= 11 is 0. The van der Waals surface area contributed by atoms with E-state index in [1.165, 1.54) is 0 Å². The van der Waals surface area contributed by atoms with E-state index in [-0.39, 0.29) is 11.6 Å². The lowest BCUT2D eigenvalue weighted by Gasteiger charge is -2.02. The van der Waals surface area contributed by atoms with Crippen LogP contribution in [0.3, 0.4) is 0 Å². The Morgan fingerprint density at radius 3 is 2.89 bits per heavy atom. The van der Waals surface area contributed by atoms with Crippen LogP contribution in [0.2, 0.25) is 0 Å². The highest BCUT2D eigenvalue weighted by Gasteiger charge is 2.16. The zero-order valence-corrected chi connectivity index (χ0v) is 10.5. The highest BCUT2D eigenvalue weighted by Crippen LogP contribution is 2.23. The molecule has 0 amide bonds. The number of rotatable bonds is 2. The van der Waals surface area contributed by atoms with Crippen LogP contribution >= 0.6 is 0 Å². The summed E-state index contributed by atoms with van der Waals surface area (Å²) in [7, 11) is 0. The van der Waals surface area contributed by atoms with Crippen LogP contribution < -0.4 is 5.73 Å². The number of pyridine rings is 1. The number of carbonyl (C=O) groups is 1. The first-order chi connectivity index (χ1) is 9.16. The fourth-order valence-electron chi connectivity index (χ4n) is 2.18. The maximum absolute atomic E-state index is 12.5. The van der Waals surface area contributed by atoms with Gasteiger partial charge in [-0.15, -0.1) is 0 Å². The molecule has 94 valence electrons. The number of carbonyl (C=O) groups excluding carboxylic acids is 1. The van der Waals surface area contributed by atoms with Gasteiger partial charge in [0.15, 0.2) is 5.78 Å². The predicted octanol–water partition coefficient (Wildman–Crippen LogP) is 2.68. The number of benzene rings is 1. The molecular weight excluding hydrogens is 238 g/mol. The van der Waals surface area contributed by atoms with Gasteiger partial charge in [-0.05, 0) is 31.2 Å². The van der Waals surface area contributed by atoms with Crippen LogP contribution in [-0.4, -0.2) is 15.8 Å². The summed E-state index contributed by atoms with van der Waals surface area (Å²) in [5.41, 5.74) is 8.87. The smallest absolute Gasteiger partial charge is 0.198 e. The first kappa shape index (κ1) is 11.5. The molecule has 0 radical (unpaired) electrons. The third-order valence-corrected chi connectivity index (χ3v) is 3.17. The van der Waals surface area contributed by atoms with Crippen molar-refractivity contribution in [3.63, 3.8) is 0 Å². The van der Waals surface area contributed by atoms with Crippen LogP contribution in [0, 0.1) is 6.92 Å². The molecule has 19 heavy (non-hydrogen) atoms. The van der Waals surface area contributed by atoms with Crippen LogP contribution in [0.15, 0.2) is 42.7 Å². The van der Waals surface area contributed by atoms with Gasteiger partial charge in [-0.25, -0.2) is 4.98 Å². The summed E-state index contributed by atoms with van der Waals surface area (Å²) in [5.74, 6) is 0.150. The minimum atomic E-state index is -0.109. The van der Waals surface area contributed by atoms with Crippen LogP contribution in [0.5, 0.6) is 0 Å². The number of hydrogen-bond donors (Lipinski definition) is 2. The Hall–Kier alpha value is -2.62. The second-order valence-corrected chi connectivity index (χ2v) is 4.52. The number of ketones is 1. The molecule has 2 aromatic heterocycles. The summed E-state index contributed by atoms with van der Waals surface area (Å²) in [6.07, 6.45) is 3.30. The van der Waals surface area contributed by atoms with Gasteiger partial charge in [0.05, 0.1) is 5.56 Å². The van der Waals surface area contributed by atoms with Gasteiger partial charge < -0.3 is 10.7 Å². The topological polar surface area (TPSA) is 71.8 Å². The molecule has 3 rings (SSSR count). The molecule has 3 aromatic rings. The summed E-state index contributed by atoms with van der Waals surface area (Å²) < 4.78 is 0. The van der Waals surface area contributed by atoms with Crippen LogP contribution in [0.4, 0.5) is 5.82 Å². The van der Waals surface area contributed by atoms with E-state index in [0.29, 0.717) is 11.1 Å². The van der Waals surface area contributed by atoms with Crippen molar-refractivity contribution in [1.82, 2.24) is 9.97 Å². The number of nitrogen functional groups attached to an aromatic ring is 1. The number of hydrogen-bond acceptors (Lipinski definition) is 3. The Bertz CT molecular complexity index is 774. The van der Waals surface area contributed by atoms with Crippen molar-refractivity contribution in [1.29, 1.82) is 0 Å². The van der Waals surface area contributed by atoms with E-state index in [4.69, 9.17) is 5.73 Å². The number of nitrogens with zero attached hydrogens (tertiary/aromatic N) is 1. The van der Waals surface area contributed by atoms with E-state index in [1.54, 1.807) is 24.5 Å². The minimum Gasteiger partial charge on any atom is -0.383 e. The Morgan fingerprint density at radius 2 is 2.11 bits per heavy atom. The first-order valence-electron chi connectivity index (χ1n) is 6.00. The summed E-state index contributed by atoms with van der Waals surface area (Å²) in [6, 6.07) is 9.37. The lowest BCUT2D eigenvalue weighted by atomic mass is 10.0. The monoisotopic (exact) mass is 251 g/mol. The zero-order valence-electron chi connectivity index (χ0n) is 10.5. The maximum atomic E-state index is 12.5. The van der Waals surface area contributed by atoms with Crippen molar-refractivity contribution >= 4 is 22.5 Å². The summed E-state index contributed by atoms with van der Waals surface area (Å²) in [5, 5.41) is 0.910. The molecule has 3 N–H and O–H groups in total. The van der Waals surface area contributed by atoms with Gasteiger partial charge in [-0.2, -0.15) is 0 Å². The SMILES string of the molecule is Cc1ccc2[nH]cc(C(=O)c3cccnc3N)c2c1.